The van der Waals surface area contributed by atoms with E-state index in [1.807, 2.05) is 23.7 Å². The van der Waals surface area contributed by atoms with Crippen LogP contribution in [0.1, 0.15) is 35.9 Å². The number of rotatable bonds is 5. The third-order valence-electron chi connectivity index (χ3n) is 5.29. The molecule has 2 unspecified atom stereocenters. The van der Waals surface area contributed by atoms with Gasteiger partial charge in [0, 0.05) is 18.2 Å². The minimum atomic E-state index is -2.94. The minimum absolute atomic E-state index is 0.0530. The summed E-state index contributed by atoms with van der Waals surface area (Å²) < 4.78 is 30.8. The molecule has 0 radical (unpaired) electrons. The molecule has 1 aromatic heterocycles. The molecule has 6 nitrogen and oxygen atoms in total. The van der Waals surface area contributed by atoms with Crippen LogP contribution in [0, 0.1) is 0 Å². The summed E-state index contributed by atoms with van der Waals surface area (Å²) in [5, 5.41) is 11.9. The summed E-state index contributed by atoms with van der Waals surface area (Å²) in [6.45, 7) is 2.14. The molecular formula is C20H23N3O3S2. The average molecular weight is 418 g/mol. The number of ether oxygens (including phenoxy) is 1. The lowest BCUT2D eigenvalue weighted by Crippen LogP contribution is -2.09. The molecule has 0 spiro atoms. The van der Waals surface area contributed by atoms with E-state index in [2.05, 4.69) is 41.4 Å². The molecule has 2 atom stereocenters. The summed E-state index contributed by atoms with van der Waals surface area (Å²) in [7, 11) is 0.650. The lowest BCUT2D eigenvalue weighted by molar-refractivity contribution is 0.415. The van der Waals surface area contributed by atoms with Crippen LogP contribution in [-0.4, -0.2) is 41.8 Å². The second kappa shape index (κ2) is 7.40. The first-order chi connectivity index (χ1) is 13.4. The van der Waals surface area contributed by atoms with Gasteiger partial charge in [-0.3, -0.25) is 0 Å². The molecule has 3 aromatic rings. The van der Waals surface area contributed by atoms with E-state index in [0.29, 0.717) is 6.42 Å². The Balaban J connectivity index is 1.54. The van der Waals surface area contributed by atoms with Gasteiger partial charge in [-0.05, 0) is 41.8 Å². The second-order valence-corrected chi connectivity index (χ2v) is 10.8. The van der Waals surface area contributed by atoms with E-state index in [9.17, 15) is 8.42 Å². The number of aromatic nitrogens is 3. The number of hydrogen-bond donors (Lipinski definition) is 0. The van der Waals surface area contributed by atoms with E-state index >= 15 is 0 Å². The second-order valence-electron chi connectivity index (χ2n) is 7.23. The van der Waals surface area contributed by atoms with Crippen LogP contribution >= 0.6 is 11.8 Å². The lowest BCUT2D eigenvalue weighted by Gasteiger charge is -2.13. The van der Waals surface area contributed by atoms with Crippen molar-refractivity contribution in [3.05, 3.63) is 47.8 Å². The van der Waals surface area contributed by atoms with Crippen LogP contribution in [0.5, 0.6) is 5.75 Å². The summed E-state index contributed by atoms with van der Waals surface area (Å²) >= 11 is 1.63. The number of nitrogens with zero attached hydrogens (tertiary/aromatic N) is 3. The predicted molar refractivity (Wildman–Crippen MR) is 112 cm³/mol. The molecular weight excluding hydrogens is 394 g/mol. The zero-order valence-electron chi connectivity index (χ0n) is 16.1. The van der Waals surface area contributed by atoms with Crippen LogP contribution in [-0.2, 0) is 16.9 Å². The van der Waals surface area contributed by atoms with E-state index in [-0.39, 0.29) is 22.7 Å². The molecule has 1 fully saturated rings. The molecule has 0 aliphatic carbocycles. The van der Waals surface area contributed by atoms with Gasteiger partial charge < -0.3 is 9.30 Å². The van der Waals surface area contributed by atoms with Crippen LogP contribution in [0.15, 0.2) is 41.6 Å². The fourth-order valence-corrected chi connectivity index (χ4v) is 6.31. The van der Waals surface area contributed by atoms with E-state index in [1.54, 1.807) is 18.9 Å². The molecule has 2 aromatic carbocycles. The highest BCUT2D eigenvalue weighted by atomic mass is 32.2. The maximum absolute atomic E-state index is 11.8. The highest BCUT2D eigenvalue weighted by molar-refractivity contribution is 7.99. The van der Waals surface area contributed by atoms with Crippen molar-refractivity contribution in [2.75, 3.05) is 18.6 Å². The standard InChI is InChI=1S/C20H23N3O3S2/c1-13(14-4-5-16-11-18(26-3)7-6-15(16)10-14)27-20-22-21-19(23(20)2)17-8-9-28(24,25)12-17/h4-7,10-11,13,17H,8-9,12H2,1-3H3. The fourth-order valence-electron chi connectivity index (χ4n) is 3.63. The third-order valence-corrected chi connectivity index (χ3v) is 8.25. The molecule has 0 amide bonds. The van der Waals surface area contributed by atoms with E-state index in [0.717, 1.165) is 22.1 Å². The SMILES string of the molecule is COc1ccc2cc(C(C)Sc3nnc(C4CCS(=O)(=O)C4)n3C)ccc2c1. The Morgan fingerprint density at radius 2 is 1.93 bits per heavy atom. The van der Waals surface area contributed by atoms with Gasteiger partial charge in [-0.1, -0.05) is 36.0 Å². The van der Waals surface area contributed by atoms with Gasteiger partial charge in [-0.2, -0.15) is 0 Å². The third kappa shape index (κ3) is 3.75. The molecule has 0 N–H and O–H groups in total. The van der Waals surface area contributed by atoms with Crippen molar-refractivity contribution in [3.63, 3.8) is 0 Å². The molecule has 148 valence electrons. The number of methoxy groups -OCH3 is 1. The minimum Gasteiger partial charge on any atom is -0.497 e. The van der Waals surface area contributed by atoms with Gasteiger partial charge in [-0.25, -0.2) is 8.42 Å². The maximum Gasteiger partial charge on any atom is 0.191 e. The highest BCUT2D eigenvalue weighted by Gasteiger charge is 2.32. The van der Waals surface area contributed by atoms with Crippen LogP contribution in [0.25, 0.3) is 10.8 Å². The monoisotopic (exact) mass is 417 g/mol. The Kier molecular flexibility index (Phi) is 5.09. The van der Waals surface area contributed by atoms with Crippen molar-refractivity contribution >= 4 is 32.4 Å². The molecule has 28 heavy (non-hydrogen) atoms. The number of benzene rings is 2. The Hall–Kier alpha value is -2.06. The van der Waals surface area contributed by atoms with E-state index in [4.69, 9.17) is 4.74 Å². The molecule has 1 aliphatic rings. The molecule has 0 bridgehead atoms. The Morgan fingerprint density at radius 3 is 2.64 bits per heavy atom. The summed E-state index contributed by atoms with van der Waals surface area (Å²) in [6.07, 6.45) is 0.628. The first-order valence-electron chi connectivity index (χ1n) is 9.20. The maximum atomic E-state index is 11.8. The van der Waals surface area contributed by atoms with E-state index in [1.165, 1.54) is 10.9 Å². The Bertz CT molecular complexity index is 1120. The molecule has 2 heterocycles. The Labute approximate surface area is 169 Å². The van der Waals surface area contributed by atoms with Gasteiger partial charge in [0.2, 0.25) is 0 Å². The number of hydrogen-bond acceptors (Lipinski definition) is 6. The topological polar surface area (TPSA) is 74.1 Å². The van der Waals surface area contributed by atoms with Crippen LogP contribution < -0.4 is 4.74 Å². The van der Waals surface area contributed by atoms with Gasteiger partial charge in [0.15, 0.2) is 15.0 Å². The van der Waals surface area contributed by atoms with Crippen molar-refractivity contribution in [2.24, 2.45) is 7.05 Å². The van der Waals surface area contributed by atoms with Gasteiger partial charge in [0.25, 0.3) is 0 Å². The van der Waals surface area contributed by atoms with E-state index < -0.39 is 9.84 Å². The quantitative estimate of drug-likeness (QED) is 0.589. The summed E-state index contributed by atoms with van der Waals surface area (Å²) in [4.78, 5) is 0. The zero-order valence-corrected chi connectivity index (χ0v) is 17.8. The first kappa shape index (κ1) is 19.3. The summed E-state index contributed by atoms with van der Waals surface area (Å²) in [5.74, 6) is 1.98. The van der Waals surface area contributed by atoms with Gasteiger partial charge in [0.05, 0.1) is 18.6 Å². The van der Waals surface area contributed by atoms with Gasteiger partial charge in [-0.15, -0.1) is 10.2 Å². The average Bonchev–Trinajstić information content (AvgIpc) is 3.22. The number of sulfone groups is 1. The number of fused-ring (bicyclic) bond motifs is 1. The van der Waals surface area contributed by atoms with Crippen molar-refractivity contribution in [1.82, 2.24) is 14.8 Å². The molecule has 1 saturated heterocycles. The summed E-state index contributed by atoms with van der Waals surface area (Å²) in [6, 6.07) is 12.5. The normalized spacial score (nSPS) is 19.8. The smallest absolute Gasteiger partial charge is 0.191 e. The molecule has 1 aliphatic heterocycles. The largest absolute Gasteiger partial charge is 0.497 e. The van der Waals surface area contributed by atoms with Gasteiger partial charge >= 0.3 is 0 Å². The predicted octanol–water partition coefficient (Wildman–Crippen LogP) is 3.73. The fraction of sp³-hybridized carbons (Fsp3) is 0.400. The van der Waals surface area contributed by atoms with Gasteiger partial charge in [0.1, 0.15) is 11.6 Å². The highest BCUT2D eigenvalue weighted by Crippen LogP contribution is 2.37. The molecule has 0 saturated carbocycles. The zero-order chi connectivity index (χ0) is 19.9. The van der Waals surface area contributed by atoms with Crippen LogP contribution in [0.4, 0.5) is 0 Å². The first-order valence-corrected chi connectivity index (χ1v) is 11.9. The Morgan fingerprint density at radius 1 is 1.18 bits per heavy atom. The van der Waals surface area contributed by atoms with Crippen LogP contribution in [0.3, 0.4) is 0 Å². The molecule has 4 rings (SSSR count). The summed E-state index contributed by atoms with van der Waals surface area (Å²) in [5.41, 5.74) is 1.20. The van der Waals surface area contributed by atoms with Crippen molar-refractivity contribution < 1.29 is 13.2 Å². The number of thioether (sulfide) groups is 1. The van der Waals surface area contributed by atoms with Crippen LogP contribution in [0.2, 0.25) is 0 Å². The van der Waals surface area contributed by atoms with Crippen molar-refractivity contribution in [1.29, 1.82) is 0 Å². The molecule has 8 heteroatoms. The van der Waals surface area contributed by atoms with Crippen molar-refractivity contribution in [2.45, 2.75) is 29.7 Å². The van der Waals surface area contributed by atoms with Crippen molar-refractivity contribution in [3.8, 4) is 5.75 Å². The lowest BCUT2D eigenvalue weighted by atomic mass is 10.1.